The molecule has 0 atom stereocenters. The van der Waals surface area contributed by atoms with E-state index in [4.69, 9.17) is 4.74 Å². The Bertz CT molecular complexity index is 1120. The molecule has 0 fully saturated rings. The molecule has 0 spiro atoms. The minimum atomic E-state index is 0.00847. The maximum Gasteiger partial charge on any atom is 0.257 e. The van der Waals surface area contributed by atoms with Gasteiger partial charge in [0.25, 0.3) is 5.88 Å². The van der Waals surface area contributed by atoms with Gasteiger partial charge in [-0.2, -0.15) is 5.10 Å². The number of aromatic hydroxyl groups is 1. The fraction of sp³-hybridized carbons (Fsp3) is 0.158. The molecule has 0 bridgehead atoms. The second-order valence-electron chi connectivity index (χ2n) is 6.10. The summed E-state index contributed by atoms with van der Waals surface area (Å²) >= 11 is 0. The number of hydrogen-bond acceptors (Lipinski definition) is 7. The van der Waals surface area contributed by atoms with Gasteiger partial charge in [-0.1, -0.05) is 0 Å². The normalized spacial score (nSPS) is 10.9. The summed E-state index contributed by atoms with van der Waals surface area (Å²) in [6.45, 7) is 3.77. The molecular formula is C19H18N6O2. The van der Waals surface area contributed by atoms with Crippen LogP contribution in [-0.4, -0.2) is 36.8 Å². The van der Waals surface area contributed by atoms with Crippen LogP contribution in [-0.2, 0) is 0 Å². The third-order valence-corrected chi connectivity index (χ3v) is 4.08. The minimum absolute atomic E-state index is 0.00847. The number of nitrogens with zero attached hydrogens (tertiary/aromatic N) is 5. The minimum Gasteiger partial charge on any atom is -0.503 e. The van der Waals surface area contributed by atoms with E-state index in [0.29, 0.717) is 23.0 Å². The average Bonchev–Trinajstić information content (AvgIpc) is 3.02. The second-order valence-corrected chi connectivity index (χ2v) is 6.10. The van der Waals surface area contributed by atoms with Gasteiger partial charge in [0.1, 0.15) is 11.6 Å². The van der Waals surface area contributed by atoms with Gasteiger partial charge in [0.2, 0.25) is 0 Å². The highest BCUT2D eigenvalue weighted by Gasteiger charge is 2.12. The van der Waals surface area contributed by atoms with Crippen molar-refractivity contribution in [3.63, 3.8) is 0 Å². The summed E-state index contributed by atoms with van der Waals surface area (Å²) < 4.78 is 6.84. The van der Waals surface area contributed by atoms with Gasteiger partial charge in [-0.05, 0) is 37.6 Å². The number of hydrogen-bond donors (Lipinski definition) is 2. The van der Waals surface area contributed by atoms with E-state index < -0.39 is 0 Å². The molecule has 8 nitrogen and oxygen atoms in total. The van der Waals surface area contributed by atoms with Gasteiger partial charge in [-0.15, -0.1) is 0 Å². The smallest absolute Gasteiger partial charge is 0.257 e. The second kappa shape index (κ2) is 6.56. The molecule has 0 amide bonds. The third-order valence-electron chi connectivity index (χ3n) is 4.08. The first kappa shape index (κ1) is 16.8. The van der Waals surface area contributed by atoms with E-state index in [0.717, 1.165) is 16.8 Å². The van der Waals surface area contributed by atoms with Crippen molar-refractivity contribution in [2.24, 2.45) is 0 Å². The summed E-state index contributed by atoms with van der Waals surface area (Å²) in [4.78, 5) is 12.6. The molecule has 0 saturated carbocycles. The first-order valence-electron chi connectivity index (χ1n) is 8.34. The maximum absolute atomic E-state index is 10.3. The summed E-state index contributed by atoms with van der Waals surface area (Å²) in [6.07, 6.45) is 3.43. The Morgan fingerprint density at radius 2 is 1.93 bits per heavy atom. The molecule has 0 unspecified atom stereocenters. The highest BCUT2D eigenvalue weighted by molar-refractivity contribution is 5.76. The van der Waals surface area contributed by atoms with Crippen molar-refractivity contribution >= 4 is 17.2 Å². The summed E-state index contributed by atoms with van der Waals surface area (Å²) in [5.41, 5.74) is 3.23. The number of pyridine rings is 2. The number of aromatic nitrogens is 5. The number of anilines is 2. The lowest BCUT2D eigenvalue weighted by atomic mass is 10.1. The fourth-order valence-corrected chi connectivity index (χ4v) is 2.95. The van der Waals surface area contributed by atoms with Crippen molar-refractivity contribution in [2.75, 3.05) is 12.4 Å². The van der Waals surface area contributed by atoms with E-state index >= 15 is 0 Å². The lowest BCUT2D eigenvalue weighted by Gasteiger charge is -2.08. The number of ether oxygens (including phenoxy) is 1. The van der Waals surface area contributed by atoms with Crippen molar-refractivity contribution in [1.29, 1.82) is 0 Å². The standard InChI is InChI=1S/C19H18N6O2/c1-11-8-16(22-12(2)21-11)23-17-10-14-9-13(5-7-25(14)24-17)15-4-6-20-19(27-3)18(15)26/h4-10,26H,1-3H3,(H,21,22,23,24). The van der Waals surface area contributed by atoms with Crippen LogP contribution in [0.3, 0.4) is 0 Å². The van der Waals surface area contributed by atoms with Crippen LogP contribution in [0.4, 0.5) is 11.6 Å². The molecule has 2 N–H and O–H groups in total. The van der Waals surface area contributed by atoms with E-state index in [1.54, 1.807) is 16.8 Å². The van der Waals surface area contributed by atoms with Crippen LogP contribution in [0.2, 0.25) is 0 Å². The van der Waals surface area contributed by atoms with Crippen molar-refractivity contribution in [1.82, 2.24) is 24.6 Å². The van der Waals surface area contributed by atoms with Crippen LogP contribution in [0.5, 0.6) is 11.6 Å². The quantitative estimate of drug-likeness (QED) is 0.575. The van der Waals surface area contributed by atoms with Gasteiger partial charge >= 0.3 is 0 Å². The van der Waals surface area contributed by atoms with Crippen LogP contribution < -0.4 is 10.1 Å². The zero-order valence-electron chi connectivity index (χ0n) is 15.1. The van der Waals surface area contributed by atoms with Crippen molar-refractivity contribution < 1.29 is 9.84 Å². The Kier molecular flexibility index (Phi) is 4.08. The van der Waals surface area contributed by atoms with E-state index in [9.17, 15) is 5.11 Å². The lowest BCUT2D eigenvalue weighted by molar-refractivity contribution is 0.359. The van der Waals surface area contributed by atoms with Crippen LogP contribution in [0, 0.1) is 13.8 Å². The molecule has 4 aromatic heterocycles. The number of rotatable bonds is 4. The van der Waals surface area contributed by atoms with Crippen LogP contribution >= 0.6 is 0 Å². The van der Waals surface area contributed by atoms with Gasteiger partial charge in [0.15, 0.2) is 11.6 Å². The first-order chi connectivity index (χ1) is 13.0. The van der Waals surface area contributed by atoms with Gasteiger partial charge in [-0.25, -0.2) is 19.5 Å². The zero-order valence-corrected chi connectivity index (χ0v) is 15.1. The fourth-order valence-electron chi connectivity index (χ4n) is 2.95. The summed E-state index contributed by atoms with van der Waals surface area (Å²) in [6, 6.07) is 9.32. The number of aryl methyl sites for hydroxylation is 2. The molecule has 0 aromatic carbocycles. The van der Waals surface area contributed by atoms with Crippen LogP contribution in [0.15, 0.2) is 42.7 Å². The van der Waals surface area contributed by atoms with Crippen molar-refractivity contribution in [2.45, 2.75) is 13.8 Å². The Morgan fingerprint density at radius 3 is 2.70 bits per heavy atom. The predicted octanol–water partition coefficient (Wildman–Crippen LogP) is 3.26. The van der Waals surface area contributed by atoms with Crippen LogP contribution in [0.25, 0.3) is 16.6 Å². The van der Waals surface area contributed by atoms with Gasteiger partial charge in [-0.3, -0.25) is 0 Å². The Balaban J connectivity index is 1.70. The number of nitrogens with one attached hydrogen (secondary N) is 1. The SMILES string of the molecule is COc1nccc(-c2ccn3nc(Nc4cc(C)nc(C)n4)cc3c2)c1O. The number of methoxy groups -OCH3 is 1. The summed E-state index contributed by atoms with van der Waals surface area (Å²) in [5, 5.41) is 18.0. The van der Waals surface area contributed by atoms with E-state index in [1.807, 2.05) is 44.3 Å². The molecule has 0 saturated heterocycles. The Hall–Kier alpha value is -3.68. The van der Waals surface area contributed by atoms with Crippen molar-refractivity contribution in [3.05, 3.63) is 54.2 Å². The van der Waals surface area contributed by atoms with Gasteiger partial charge < -0.3 is 15.2 Å². The third kappa shape index (κ3) is 3.24. The van der Waals surface area contributed by atoms with E-state index in [1.165, 1.54) is 7.11 Å². The van der Waals surface area contributed by atoms with Crippen LogP contribution in [0.1, 0.15) is 11.5 Å². The molecule has 27 heavy (non-hydrogen) atoms. The van der Waals surface area contributed by atoms with Gasteiger partial charge in [0, 0.05) is 35.8 Å². The molecule has 0 radical (unpaired) electrons. The monoisotopic (exact) mass is 362 g/mol. The zero-order chi connectivity index (χ0) is 19.0. The Labute approximate surface area is 155 Å². The molecule has 4 heterocycles. The molecular weight excluding hydrogens is 344 g/mol. The molecule has 4 aromatic rings. The molecule has 0 aliphatic carbocycles. The Morgan fingerprint density at radius 1 is 1.07 bits per heavy atom. The summed E-state index contributed by atoms with van der Waals surface area (Å²) in [5.74, 6) is 2.26. The molecule has 4 rings (SSSR count). The van der Waals surface area contributed by atoms with E-state index in [2.05, 4.69) is 25.4 Å². The molecule has 0 aliphatic rings. The average molecular weight is 362 g/mol. The first-order valence-corrected chi connectivity index (χ1v) is 8.34. The van der Waals surface area contributed by atoms with E-state index in [-0.39, 0.29) is 11.6 Å². The highest BCUT2D eigenvalue weighted by atomic mass is 16.5. The topological polar surface area (TPSA) is 97.5 Å². The predicted molar refractivity (Wildman–Crippen MR) is 101 cm³/mol. The highest BCUT2D eigenvalue weighted by Crippen LogP contribution is 2.35. The molecule has 0 aliphatic heterocycles. The lowest BCUT2D eigenvalue weighted by Crippen LogP contribution is -1.99. The largest absolute Gasteiger partial charge is 0.503 e. The molecule has 136 valence electrons. The molecule has 8 heteroatoms. The maximum atomic E-state index is 10.3. The van der Waals surface area contributed by atoms with Gasteiger partial charge in [0.05, 0.1) is 12.6 Å². The summed E-state index contributed by atoms with van der Waals surface area (Å²) in [7, 11) is 1.47. The number of fused-ring (bicyclic) bond motifs is 1. The van der Waals surface area contributed by atoms with Crippen molar-refractivity contribution in [3.8, 4) is 22.8 Å².